The predicted octanol–water partition coefficient (Wildman–Crippen LogP) is 3.70. The Kier molecular flexibility index (Phi) is 4.81. The normalized spacial score (nSPS) is 11.0. The number of nitrogens with one attached hydrogen (secondary N) is 1. The molecule has 112 valence electrons. The second-order valence-corrected chi connectivity index (χ2v) is 5.53. The van der Waals surface area contributed by atoms with Crippen LogP contribution >= 0.6 is 0 Å². The smallest absolute Gasteiger partial charge is 0.372 e. The van der Waals surface area contributed by atoms with Gasteiger partial charge in [0, 0.05) is 12.1 Å². The van der Waals surface area contributed by atoms with Gasteiger partial charge in [-0.2, -0.15) is 0 Å². The lowest BCUT2D eigenvalue weighted by molar-refractivity contribution is 0.0659. The number of aryl methyl sites for hydroxylation is 1. The summed E-state index contributed by atoms with van der Waals surface area (Å²) in [7, 11) is 0. The van der Waals surface area contributed by atoms with Gasteiger partial charge in [0.05, 0.1) is 6.54 Å². The molecule has 4 heteroatoms. The Morgan fingerprint density at radius 2 is 1.90 bits per heavy atom. The average molecular weight is 287 g/mol. The zero-order chi connectivity index (χ0) is 15.4. The first-order valence-electron chi connectivity index (χ1n) is 7.09. The number of carboxylic acids is 1. The topological polar surface area (TPSA) is 62.5 Å². The van der Waals surface area contributed by atoms with Crippen molar-refractivity contribution < 1.29 is 14.3 Å². The minimum absolute atomic E-state index is 0.0214. The molecule has 0 aliphatic rings. The highest BCUT2D eigenvalue weighted by molar-refractivity contribution is 5.86. The molecule has 2 N–H and O–H groups in total. The Balaban J connectivity index is 1.89. The SMILES string of the molecule is Cc1cc(CNCc2ccc(C(C)C)cc2)oc1C(=O)O. The Morgan fingerprint density at radius 3 is 2.43 bits per heavy atom. The largest absolute Gasteiger partial charge is 0.475 e. The van der Waals surface area contributed by atoms with Crippen LogP contribution in [-0.2, 0) is 13.1 Å². The van der Waals surface area contributed by atoms with Gasteiger partial charge in [-0.25, -0.2) is 4.79 Å². The van der Waals surface area contributed by atoms with Crippen molar-refractivity contribution in [3.63, 3.8) is 0 Å². The van der Waals surface area contributed by atoms with E-state index >= 15 is 0 Å². The third kappa shape index (κ3) is 3.95. The van der Waals surface area contributed by atoms with E-state index in [0.717, 1.165) is 6.54 Å². The number of furan rings is 1. The van der Waals surface area contributed by atoms with Gasteiger partial charge in [0.1, 0.15) is 5.76 Å². The van der Waals surface area contributed by atoms with Crippen LogP contribution in [-0.4, -0.2) is 11.1 Å². The fourth-order valence-electron chi connectivity index (χ4n) is 2.20. The molecule has 0 saturated heterocycles. The van der Waals surface area contributed by atoms with Crippen LogP contribution in [0.1, 0.15) is 52.8 Å². The minimum Gasteiger partial charge on any atom is -0.475 e. The molecule has 1 aromatic heterocycles. The van der Waals surface area contributed by atoms with Gasteiger partial charge >= 0.3 is 5.97 Å². The molecule has 1 heterocycles. The predicted molar refractivity (Wildman–Crippen MR) is 81.5 cm³/mol. The number of benzene rings is 1. The Bertz CT molecular complexity index is 611. The van der Waals surface area contributed by atoms with E-state index in [0.29, 0.717) is 23.8 Å². The molecule has 0 aliphatic heterocycles. The third-order valence-electron chi connectivity index (χ3n) is 3.44. The summed E-state index contributed by atoms with van der Waals surface area (Å²) in [5.74, 6) is 0.173. The Morgan fingerprint density at radius 1 is 1.24 bits per heavy atom. The highest BCUT2D eigenvalue weighted by Gasteiger charge is 2.13. The average Bonchev–Trinajstić information content (AvgIpc) is 2.80. The molecule has 0 unspecified atom stereocenters. The fourth-order valence-corrected chi connectivity index (χ4v) is 2.20. The molecule has 0 spiro atoms. The summed E-state index contributed by atoms with van der Waals surface area (Å²) in [6.07, 6.45) is 0. The van der Waals surface area contributed by atoms with E-state index in [2.05, 4.69) is 43.4 Å². The van der Waals surface area contributed by atoms with E-state index < -0.39 is 5.97 Å². The van der Waals surface area contributed by atoms with Crippen LogP contribution in [0, 0.1) is 6.92 Å². The van der Waals surface area contributed by atoms with Crippen molar-refractivity contribution in [2.24, 2.45) is 0 Å². The van der Waals surface area contributed by atoms with E-state index in [9.17, 15) is 4.79 Å². The van der Waals surface area contributed by atoms with Crippen molar-refractivity contribution in [3.05, 3.63) is 58.5 Å². The van der Waals surface area contributed by atoms with Gasteiger partial charge in [-0.1, -0.05) is 38.1 Å². The summed E-state index contributed by atoms with van der Waals surface area (Å²) in [6, 6.07) is 10.3. The molecule has 0 amide bonds. The number of rotatable bonds is 6. The van der Waals surface area contributed by atoms with E-state index in [1.165, 1.54) is 11.1 Å². The summed E-state index contributed by atoms with van der Waals surface area (Å²) < 4.78 is 5.30. The quantitative estimate of drug-likeness (QED) is 0.850. The molecule has 0 bridgehead atoms. The third-order valence-corrected chi connectivity index (χ3v) is 3.44. The van der Waals surface area contributed by atoms with E-state index in [4.69, 9.17) is 9.52 Å². The van der Waals surface area contributed by atoms with Gasteiger partial charge in [-0.3, -0.25) is 0 Å². The standard InChI is InChI=1S/C17H21NO3/c1-11(2)14-6-4-13(5-7-14)9-18-10-15-8-12(3)16(21-15)17(19)20/h4-8,11,18H,9-10H2,1-3H3,(H,19,20). The van der Waals surface area contributed by atoms with Gasteiger partial charge in [0.25, 0.3) is 0 Å². The van der Waals surface area contributed by atoms with Crippen LogP contribution in [0.15, 0.2) is 34.7 Å². The van der Waals surface area contributed by atoms with Gasteiger partial charge in [-0.05, 0) is 30.0 Å². The molecule has 0 fully saturated rings. The van der Waals surface area contributed by atoms with E-state index in [-0.39, 0.29) is 5.76 Å². The summed E-state index contributed by atoms with van der Waals surface area (Å²) in [5.41, 5.74) is 3.17. The van der Waals surface area contributed by atoms with Crippen LogP contribution in [0.25, 0.3) is 0 Å². The fraction of sp³-hybridized carbons (Fsp3) is 0.353. The first-order valence-corrected chi connectivity index (χ1v) is 7.09. The van der Waals surface area contributed by atoms with Crippen LogP contribution in [0.3, 0.4) is 0 Å². The zero-order valence-electron chi connectivity index (χ0n) is 12.6. The molecule has 4 nitrogen and oxygen atoms in total. The summed E-state index contributed by atoms with van der Waals surface area (Å²) >= 11 is 0. The molecule has 21 heavy (non-hydrogen) atoms. The number of carbonyl (C=O) groups is 1. The van der Waals surface area contributed by atoms with Gasteiger partial charge in [0.15, 0.2) is 0 Å². The van der Waals surface area contributed by atoms with Crippen LogP contribution < -0.4 is 5.32 Å². The monoisotopic (exact) mass is 287 g/mol. The van der Waals surface area contributed by atoms with Crippen molar-refractivity contribution in [1.82, 2.24) is 5.32 Å². The maximum atomic E-state index is 10.9. The molecule has 0 atom stereocenters. The van der Waals surface area contributed by atoms with Crippen molar-refractivity contribution >= 4 is 5.97 Å². The van der Waals surface area contributed by atoms with Crippen molar-refractivity contribution in [1.29, 1.82) is 0 Å². The number of carboxylic acid groups (broad SMARTS) is 1. The first kappa shape index (κ1) is 15.3. The Hall–Kier alpha value is -2.07. The highest BCUT2D eigenvalue weighted by atomic mass is 16.4. The van der Waals surface area contributed by atoms with Crippen LogP contribution in [0.2, 0.25) is 0 Å². The lowest BCUT2D eigenvalue weighted by Crippen LogP contribution is -2.12. The molecular weight excluding hydrogens is 266 g/mol. The summed E-state index contributed by atoms with van der Waals surface area (Å²) in [6.45, 7) is 7.32. The van der Waals surface area contributed by atoms with Gasteiger partial charge < -0.3 is 14.8 Å². The van der Waals surface area contributed by atoms with Crippen molar-refractivity contribution in [3.8, 4) is 0 Å². The molecule has 1 aromatic carbocycles. The molecular formula is C17H21NO3. The van der Waals surface area contributed by atoms with Crippen molar-refractivity contribution in [2.45, 2.75) is 39.8 Å². The van der Waals surface area contributed by atoms with E-state index in [1.54, 1.807) is 13.0 Å². The lowest BCUT2D eigenvalue weighted by Gasteiger charge is -2.07. The summed E-state index contributed by atoms with van der Waals surface area (Å²) in [5, 5.41) is 12.2. The number of aromatic carboxylic acids is 1. The number of hydrogen-bond acceptors (Lipinski definition) is 3. The van der Waals surface area contributed by atoms with Crippen LogP contribution in [0.5, 0.6) is 0 Å². The first-order chi connectivity index (χ1) is 9.97. The van der Waals surface area contributed by atoms with E-state index in [1.807, 2.05) is 0 Å². The second-order valence-electron chi connectivity index (χ2n) is 5.53. The van der Waals surface area contributed by atoms with Gasteiger partial charge in [0.2, 0.25) is 5.76 Å². The minimum atomic E-state index is -1.02. The second kappa shape index (κ2) is 6.59. The van der Waals surface area contributed by atoms with Crippen molar-refractivity contribution in [2.75, 3.05) is 0 Å². The molecule has 0 saturated carbocycles. The molecule has 0 radical (unpaired) electrons. The summed E-state index contributed by atoms with van der Waals surface area (Å²) in [4.78, 5) is 10.9. The van der Waals surface area contributed by atoms with Gasteiger partial charge in [-0.15, -0.1) is 0 Å². The van der Waals surface area contributed by atoms with Crippen LogP contribution in [0.4, 0.5) is 0 Å². The molecule has 2 rings (SSSR count). The number of hydrogen-bond donors (Lipinski definition) is 2. The maximum absolute atomic E-state index is 10.9. The molecule has 2 aromatic rings. The zero-order valence-corrected chi connectivity index (χ0v) is 12.6. The Labute approximate surface area is 124 Å². The maximum Gasteiger partial charge on any atom is 0.372 e. The highest BCUT2D eigenvalue weighted by Crippen LogP contribution is 2.16. The lowest BCUT2D eigenvalue weighted by atomic mass is 10.0. The molecule has 0 aliphatic carbocycles.